The molecule has 0 saturated carbocycles. The Labute approximate surface area is 138 Å². The molecule has 0 bridgehead atoms. The van der Waals surface area contributed by atoms with E-state index in [4.69, 9.17) is 15.2 Å². The summed E-state index contributed by atoms with van der Waals surface area (Å²) in [7, 11) is 3.25. The number of guanidine groups is 1. The zero-order valence-electron chi connectivity index (χ0n) is 12.5. The zero-order valence-corrected chi connectivity index (χ0v) is 14.1. The van der Waals surface area contributed by atoms with E-state index in [0.717, 1.165) is 21.5 Å². The summed E-state index contributed by atoms with van der Waals surface area (Å²) in [5, 5.41) is 3.04. The standard InChI is InChI=1S/C16H18BrN3O2/c1-21-14-8-7-11(9-12(14)17)10-19-16(18)20-13-5-3-4-6-15(13)22-2/h3-9H,10H2,1-2H3,(H3,18,19,20). The highest BCUT2D eigenvalue weighted by Gasteiger charge is 2.03. The quantitative estimate of drug-likeness (QED) is 0.630. The van der Waals surface area contributed by atoms with E-state index in [1.54, 1.807) is 14.2 Å². The topological polar surface area (TPSA) is 68.9 Å². The minimum atomic E-state index is 0.330. The number of hydrogen-bond donors (Lipinski definition) is 2. The molecule has 0 heterocycles. The molecule has 5 nitrogen and oxygen atoms in total. The van der Waals surface area contributed by atoms with Gasteiger partial charge in [0.15, 0.2) is 5.96 Å². The molecule has 0 aliphatic carbocycles. The van der Waals surface area contributed by atoms with E-state index in [9.17, 15) is 0 Å². The number of aliphatic imine (C=N–C) groups is 1. The van der Waals surface area contributed by atoms with Crippen molar-refractivity contribution in [2.75, 3.05) is 19.5 Å². The van der Waals surface area contributed by atoms with E-state index in [1.807, 2.05) is 42.5 Å². The highest BCUT2D eigenvalue weighted by molar-refractivity contribution is 9.10. The largest absolute Gasteiger partial charge is 0.496 e. The summed E-state index contributed by atoms with van der Waals surface area (Å²) in [6, 6.07) is 13.3. The maximum absolute atomic E-state index is 5.92. The van der Waals surface area contributed by atoms with Crippen molar-refractivity contribution in [1.29, 1.82) is 0 Å². The predicted octanol–water partition coefficient (Wildman–Crippen LogP) is 3.39. The molecular weight excluding hydrogens is 346 g/mol. The summed E-state index contributed by atoms with van der Waals surface area (Å²) in [4.78, 5) is 4.33. The molecule has 0 spiro atoms. The summed E-state index contributed by atoms with van der Waals surface area (Å²) in [5.41, 5.74) is 7.72. The summed E-state index contributed by atoms with van der Waals surface area (Å²) in [6.07, 6.45) is 0. The predicted molar refractivity (Wildman–Crippen MR) is 92.6 cm³/mol. The van der Waals surface area contributed by atoms with E-state index in [0.29, 0.717) is 18.3 Å². The van der Waals surface area contributed by atoms with Gasteiger partial charge in [0.05, 0.1) is 30.9 Å². The number of rotatable bonds is 5. The molecule has 2 aromatic carbocycles. The van der Waals surface area contributed by atoms with Crippen LogP contribution in [0.15, 0.2) is 51.9 Å². The Balaban J connectivity index is 2.05. The number of anilines is 1. The lowest BCUT2D eigenvalue weighted by Crippen LogP contribution is -2.22. The number of nitrogens with zero attached hydrogens (tertiary/aromatic N) is 1. The van der Waals surface area contributed by atoms with Crippen LogP contribution in [0.3, 0.4) is 0 Å². The average molecular weight is 364 g/mol. The number of ether oxygens (including phenoxy) is 2. The molecule has 0 amide bonds. The minimum absolute atomic E-state index is 0.330. The van der Waals surface area contributed by atoms with Gasteiger partial charge in [-0.3, -0.25) is 0 Å². The third kappa shape index (κ3) is 4.14. The van der Waals surface area contributed by atoms with Crippen molar-refractivity contribution in [3.63, 3.8) is 0 Å². The molecule has 0 aliphatic heterocycles. The van der Waals surface area contributed by atoms with Gasteiger partial charge in [0.1, 0.15) is 11.5 Å². The van der Waals surface area contributed by atoms with E-state index >= 15 is 0 Å². The first-order valence-corrected chi connectivity index (χ1v) is 7.45. The third-order valence-electron chi connectivity index (χ3n) is 3.02. The summed E-state index contributed by atoms with van der Waals surface area (Å²) in [6.45, 7) is 0.469. The smallest absolute Gasteiger partial charge is 0.193 e. The zero-order chi connectivity index (χ0) is 15.9. The Morgan fingerprint density at radius 2 is 1.86 bits per heavy atom. The Kier molecular flexibility index (Phi) is 5.66. The second-order valence-corrected chi connectivity index (χ2v) is 5.35. The van der Waals surface area contributed by atoms with Gasteiger partial charge < -0.3 is 20.5 Å². The Morgan fingerprint density at radius 3 is 2.55 bits per heavy atom. The molecule has 0 fully saturated rings. The second kappa shape index (κ2) is 7.70. The third-order valence-corrected chi connectivity index (χ3v) is 3.64. The molecule has 116 valence electrons. The van der Waals surface area contributed by atoms with Gasteiger partial charge in [-0.1, -0.05) is 18.2 Å². The second-order valence-electron chi connectivity index (χ2n) is 4.50. The Morgan fingerprint density at radius 1 is 1.14 bits per heavy atom. The van der Waals surface area contributed by atoms with Crippen LogP contribution in [0.4, 0.5) is 5.69 Å². The molecule has 6 heteroatoms. The van der Waals surface area contributed by atoms with Crippen molar-refractivity contribution >= 4 is 27.6 Å². The first-order valence-electron chi connectivity index (χ1n) is 6.66. The lowest BCUT2D eigenvalue weighted by Gasteiger charge is -2.10. The molecule has 2 aromatic rings. The van der Waals surface area contributed by atoms with Crippen molar-refractivity contribution in [2.24, 2.45) is 10.7 Å². The highest BCUT2D eigenvalue weighted by atomic mass is 79.9. The normalized spacial score (nSPS) is 11.1. The van der Waals surface area contributed by atoms with Crippen molar-refractivity contribution in [3.8, 4) is 11.5 Å². The van der Waals surface area contributed by atoms with E-state index < -0.39 is 0 Å². The van der Waals surface area contributed by atoms with Crippen LogP contribution in [0.2, 0.25) is 0 Å². The fourth-order valence-corrected chi connectivity index (χ4v) is 2.50. The first-order chi connectivity index (χ1) is 10.6. The molecular formula is C16H18BrN3O2. The number of benzene rings is 2. The van der Waals surface area contributed by atoms with Gasteiger partial charge in [-0.25, -0.2) is 4.99 Å². The summed E-state index contributed by atoms with van der Waals surface area (Å²) in [5.74, 6) is 1.83. The number of methoxy groups -OCH3 is 2. The lowest BCUT2D eigenvalue weighted by atomic mass is 10.2. The molecule has 0 aromatic heterocycles. The van der Waals surface area contributed by atoms with Gasteiger partial charge in [-0.2, -0.15) is 0 Å². The lowest BCUT2D eigenvalue weighted by molar-refractivity contribution is 0.412. The molecule has 0 atom stereocenters. The Bertz CT molecular complexity index is 674. The maximum Gasteiger partial charge on any atom is 0.193 e. The van der Waals surface area contributed by atoms with Crippen molar-refractivity contribution in [3.05, 3.63) is 52.5 Å². The summed E-state index contributed by atoms with van der Waals surface area (Å²) < 4.78 is 11.3. The van der Waals surface area contributed by atoms with Crippen molar-refractivity contribution in [2.45, 2.75) is 6.54 Å². The SMILES string of the molecule is COc1ccc(CN=C(N)Nc2ccccc2OC)cc1Br. The van der Waals surface area contributed by atoms with E-state index in [2.05, 4.69) is 26.2 Å². The van der Waals surface area contributed by atoms with Gasteiger partial charge >= 0.3 is 0 Å². The average Bonchev–Trinajstić information content (AvgIpc) is 2.53. The molecule has 0 saturated heterocycles. The maximum atomic E-state index is 5.92. The van der Waals surface area contributed by atoms with Crippen LogP contribution in [0.25, 0.3) is 0 Å². The van der Waals surface area contributed by atoms with Crippen LogP contribution in [0.1, 0.15) is 5.56 Å². The molecule has 3 N–H and O–H groups in total. The minimum Gasteiger partial charge on any atom is -0.496 e. The van der Waals surface area contributed by atoms with E-state index in [-0.39, 0.29) is 0 Å². The van der Waals surface area contributed by atoms with Gasteiger partial charge in [-0.15, -0.1) is 0 Å². The number of nitrogens with one attached hydrogen (secondary N) is 1. The van der Waals surface area contributed by atoms with Crippen LogP contribution >= 0.6 is 15.9 Å². The van der Waals surface area contributed by atoms with E-state index in [1.165, 1.54) is 0 Å². The number of hydrogen-bond acceptors (Lipinski definition) is 3. The van der Waals surface area contributed by atoms with Gasteiger partial charge in [0, 0.05) is 0 Å². The first kappa shape index (κ1) is 16.2. The van der Waals surface area contributed by atoms with Gasteiger partial charge in [0.25, 0.3) is 0 Å². The fraction of sp³-hybridized carbons (Fsp3) is 0.188. The number of halogens is 1. The Hall–Kier alpha value is -2.21. The van der Waals surface area contributed by atoms with Crippen LogP contribution in [-0.4, -0.2) is 20.2 Å². The van der Waals surface area contributed by atoms with Crippen LogP contribution < -0.4 is 20.5 Å². The van der Waals surface area contributed by atoms with Crippen molar-refractivity contribution < 1.29 is 9.47 Å². The number of nitrogens with two attached hydrogens (primary N) is 1. The van der Waals surface area contributed by atoms with Gasteiger partial charge in [-0.05, 0) is 45.8 Å². The van der Waals surface area contributed by atoms with Crippen LogP contribution in [-0.2, 0) is 6.54 Å². The summed E-state index contributed by atoms with van der Waals surface area (Å²) >= 11 is 3.45. The molecule has 2 rings (SSSR count). The molecule has 0 aliphatic rings. The molecule has 0 radical (unpaired) electrons. The highest BCUT2D eigenvalue weighted by Crippen LogP contribution is 2.26. The van der Waals surface area contributed by atoms with Gasteiger partial charge in [0.2, 0.25) is 0 Å². The molecule has 0 unspecified atom stereocenters. The fourth-order valence-electron chi connectivity index (χ4n) is 1.91. The molecule has 22 heavy (non-hydrogen) atoms. The van der Waals surface area contributed by atoms with Crippen molar-refractivity contribution in [1.82, 2.24) is 0 Å². The monoisotopic (exact) mass is 363 g/mol. The van der Waals surface area contributed by atoms with Crippen LogP contribution in [0.5, 0.6) is 11.5 Å². The number of para-hydroxylation sites is 2. The van der Waals surface area contributed by atoms with Crippen LogP contribution in [0, 0.1) is 0 Å².